The molecule has 0 amide bonds. The summed E-state index contributed by atoms with van der Waals surface area (Å²) in [6.45, 7) is 0. The molecule has 39 heavy (non-hydrogen) atoms. The van der Waals surface area contributed by atoms with Gasteiger partial charge in [0.05, 0.1) is 0 Å². The van der Waals surface area contributed by atoms with Crippen LogP contribution in [0.3, 0.4) is 0 Å². The average Bonchev–Trinajstić information content (AvgIpc) is 2.95. The maximum absolute atomic E-state index is 9.08. The Labute approximate surface area is 274 Å². The van der Waals surface area contributed by atoms with Gasteiger partial charge < -0.3 is 10.0 Å². The Morgan fingerprint density at radius 3 is 1.54 bits per heavy atom. The number of halogens is 3. The summed E-state index contributed by atoms with van der Waals surface area (Å²) in [4.78, 5) is 0. The standard InChI is InChI=1S/C16H11Br.C10H9BO2.C6H4BrI.W/c17-14-10-8-13(9-11-14)16-7-3-5-12-4-1-2-6-15(12)16;12-11(13)10-7-3-5-8-4-1-2-6-9(8)10;7-5-1-3-6(8)4-2-5;/h1-11H;1-7,12-13H;1-4H;. The summed E-state index contributed by atoms with van der Waals surface area (Å²) in [5, 5.41) is 22.7. The molecule has 6 aromatic carbocycles. The molecular formula is C32H24BBr2IO2W. The van der Waals surface area contributed by atoms with E-state index in [1.54, 1.807) is 6.07 Å². The van der Waals surface area contributed by atoms with Gasteiger partial charge in [-0.1, -0.05) is 129 Å². The van der Waals surface area contributed by atoms with E-state index in [2.05, 4.69) is 133 Å². The van der Waals surface area contributed by atoms with Crippen molar-refractivity contribution in [3.05, 3.63) is 146 Å². The summed E-state index contributed by atoms with van der Waals surface area (Å²) in [6, 6.07) is 44.7. The van der Waals surface area contributed by atoms with E-state index < -0.39 is 7.12 Å². The van der Waals surface area contributed by atoms with Crippen LogP contribution >= 0.6 is 54.5 Å². The summed E-state index contributed by atoms with van der Waals surface area (Å²) in [6.07, 6.45) is 0. The van der Waals surface area contributed by atoms with E-state index in [0.717, 1.165) is 19.7 Å². The fraction of sp³-hybridized carbons (Fsp3) is 0. The van der Waals surface area contributed by atoms with Crippen LogP contribution in [0.25, 0.3) is 32.7 Å². The van der Waals surface area contributed by atoms with Crippen molar-refractivity contribution < 1.29 is 31.1 Å². The van der Waals surface area contributed by atoms with Crippen LogP contribution in [0.15, 0.2) is 142 Å². The number of hydrogen-bond acceptors (Lipinski definition) is 2. The molecule has 0 heterocycles. The van der Waals surface area contributed by atoms with Crippen molar-refractivity contribution in [1.82, 2.24) is 0 Å². The maximum Gasteiger partial charge on any atom is 0.489 e. The molecule has 0 spiro atoms. The van der Waals surface area contributed by atoms with Gasteiger partial charge in [0.1, 0.15) is 0 Å². The van der Waals surface area contributed by atoms with Gasteiger partial charge in [-0.05, 0) is 97.1 Å². The first-order chi connectivity index (χ1) is 18.4. The first-order valence-corrected chi connectivity index (χ1v) is 14.6. The maximum atomic E-state index is 9.08. The second-order valence-electron chi connectivity index (χ2n) is 8.41. The molecule has 7 heteroatoms. The molecule has 2 N–H and O–H groups in total. The van der Waals surface area contributed by atoms with E-state index >= 15 is 0 Å². The molecule has 0 atom stereocenters. The Morgan fingerprint density at radius 2 is 0.974 bits per heavy atom. The molecule has 0 saturated carbocycles. The third-order valence-corrected chi connectivity index (χ3v) is 7.63. The average molecular weight is 922 g/mol. The van der Waals surface area contributed by atoms with Crippen LogP contribution in [-0.2, 0) is 21.1 Å². The summed E-state index contributed by atoms with van der Waals surface area (Å²) >= 11 is 9.09. The summed E-state index contributed by atoms with van der Waals surface area (Å²) in [5.41, 5.74) is 3.10. The molecular weight excluding hydrogens is 898 g/mol. The van der Waals surface area contributed by atoms with Crippen LogP contribution in [0.4, 0.5) is 0 Å². The van der Waals surface area contributed by atoms with E-state index in [0.29, 0.717) is 5.46 Å². The van der Waals surface area contributed by atoms with Gasteiger partial charge in [0.15, 0.2) is 0 Å². The van der Waals surface area contributed by atoms with Crippen molar-refractivity contribution in [2.75, 3.05) is 0 Å². The monoisotopic (exact) mass is 920 g/mol. The molecule has 194 valence electrons. The van der Waals surface area contributed by atoms with Crippen molar-refractivity contribution >= 4 is 88.6 Å². The van der Waals surface area contributed by atoms with Crippen LogP contribution in [0.1, 0.15) is 0 Å². The molecule has 0 aliphatic heterocycles. The normalized spacial score (nSPS) is 9.97. The smallest absolute Gasteiger partial charge is 0.423 e. The second-order valence-corrected chi connectivity index (χ2v) is 11.5. The zero-order valence-electron chi connectivity index (χ0n) is 20.7. The molecule has 0 aliphatic carbocycles. The topological polar surface area (TPSA) is 40.5 Å². The molecule has 0 aliphatic rings. The van der Waals surface area contributed by atoms with Crippen molar-refractivity contribution in [1.29, 1.82) is 0 Å². The van der Waals surface area contributed by atoms with Crippen LogP contribution in [0.5, 0.6) is 0 Å². The fourth-order valence-electron chi connectivity index (χ4n) is 4.01. The van der Waals surface area contributed by atoms with Crippen molar-refractivity contribution in [3.8, 4) is 11.1 Å². The van der Waals surface area contributed by atoms with Crippen LogP contribution in [0, 0.1) is 3.57 Å². The fourth-order valence-corrected chi connectivity index (χ4v) is 4.90. The van der Waals surface area contributed by atoms with Crippen molar-refractivity contribution in [2.24, 2.45) is 0 Å². The van der Waals surface area contributed by atoms with Gasteiger partial charge in [-0.25, -0.2) is 0 Å². The minimum absolute atomic E-state index is 0. The second kappa shape index (κ2) is 15.9. The van der Waals surface area contributed by atoms with Gasteiger partial charge in [-0.2, -0.15) is 0 Å². The zero-order valence-corrected chi connectivity index (χ0v) is 29.0. The molecule has 0 aromatic heterocycles. The van der Waals surface area contributed by atoms with Crippen molar-refractivity contribution in [3.63, 3.8) is 0 Å². The van der Waals surface area contributed by atoms with Gasteiger partial charge in [0, 0.05) is 33.6 Å². The molecule has 0 radical (unpaired) electrons. The van der Waals surface area contributed by atoms with E-state index in [-0.39, 0.29) is 21.1 Å². The van der Waals surface area contributed by atoms with Gasteiger partial charge in [-0.3, -0.25) is 0 Å². The molecule has 6 aromatic rings. The number of hydrogen-bond donors (Lipinski definition) is 2. The Kier molecular flexibility index (Phi) is 12.9. The van der Waals surface area contributed by atoms with Gasteiger partial charge in [0.2, 0.25) is 0 Å². The summed E-state index contributed by atoms with van der Waals surface area (Å²) in [5.74, 6) is 0. The predicted molar refractivity (Wildman–Crippen MR) is 178 cm³/mol. The first kappa shape index (κ1) is 31.7. The molecule has 0 unspecified atom stereocenters. The van der Waals surface area contributed by atoms with Crippen molar-refractivity contribution in [2.45, 2.75) is 0 Å². The minimum atomic E-state index is -1.40. The Morgan fingerprint density at radius 1 is 0.513 bits per heavy atom. The predicted octanol–water partition coefficient (Wildman–Crippen LogP) is 8.84. The largest absolute Gasteiger partial charge is 0.489 e. The van der Waals surface area contributed by atoms with Gasteiger partial charge in [0.25, 0.3) is 0 Å². The molecule has 0 saturated heterocycles. The van der Waals surface area contributed by atoms with Crippen LogP contribution in [-0.4, -0.2) is 17.2 Å². The number of benzene rings is 6. The van der Waals surface area contributed by atoms with E-state index in [1.807, 2.05) is 48.5 Å². The quantitative estimate of drug-likeness (QED) is 0.135. The molecule has 0 bridgehead atoms. The third-order valence-electron chi connectivity index (χ3n) is 5.85. The van der Waals surface area contributed by atoms with E-state index in [9.17, 15) is 0 Å². The van der Waals surface area contributed by atoms with Crippen LogP contribution < -0.4 is 5.46 Å². The number of rotatable bonds is 2. The zero-order chi connectivity index (χ0) is 26.9. The molecule has 0 fully saturated rings. The Hall–Kier alpha value is -1.80. The third kappa shape index (κ3) is 9.10. The Balaban J connectivity index is 0.000000170. The van der Waals surface area contributed by atoms with E-state index in [4.69, 9.17) is 10.0 Å². The Bertz CT molecular complexity index is 1600. The first-order valence-electron chi connectivity index (χ1n) is 11.9. The van der Waals surface area contributed by atoms with Crippen LogP contribution in [0.2, 0.25) is 0 Å². The van der Waals surface area contributed by atoms with Gasteiger partial charge >= 0.3 is 7.12 Å². The SMILES string of the molecule is Brc1ccc(-c2cccc3ccccc23)cc1.Brc1ccc(I)cc1.OB(O)c1cccc2ccccc12.[W]. The molecule has 2 nitrogen and oxygen atoms in total. The minimum Gasteiger partial charge on any atom is -0.423 e. The molecule has 6 rings (SSSR count). The van der Waals surface area contributed by atoms with E-state index in [1.165, 1.54) is 25.5 Å². The summed E-state index contributed by atoms with van der Waals surface area (Å²) < 4.78 is 3.52. The summed E-state index contributed by atoms with van der Waals surface area (Å²) in [7, 11) is -1.40. The number of fused-ring (bicyclic) bond motifs is 2. The van der Waals surface area contributed by atoms with Gasteiger partial charge in [-0.15, -0.1) is 0 Å².